The molecule has 1 aliphatic heterocycles. The largest absolute Gasteiger partial charge is 0.479 e. The molecule has 1 unspecified atom stereocenters. The molecule has 12 heavy (non-hydrogen) atoms. The van der Waals surface area contributed by atoms with Gasteiger partial charge in [0.05, 0.1) is 0 Å². The third-order valence-electron chi connectivity index (χ3n) is 1.91. The number of carbonyl (C=O) groups excluding carboxylic acids is 2. The zero-order chi connectivity index (χ0) is 9.35. The van der Waals surface area contributed by atoms with Crippen LogP contribution in [0.2, 0.25) is 0 Å². The lowest BCUT2D eigenvalue weighted by molar-refractivity contribution is -0.164. The molecule has 0 radical (unpaired) electrons. The number of hydrogen-bond acceptors (Lipinski definition) is 3. The molecule has 1 heterocycles. The van der Waals surface area contributed by atoms with Gasteiger partial charge < -0.3 is 10.4 Å². The number of β-lactam (4-membered cyclic amide) rings is 1. The first-order chi connectivity index (χ1) is 5.54. The van der Waals surface area contributed by atoms with E-state index in [2.05, 4.69) is 5.32 Å². The van der Waals surface area contributed by atoms with Gasteiger partial charge in [-0.1, -0.05) is 13.3 Å². The average molecular weight is 171 g/mol. The van der Waals surface area contributed by atoms with E-state index in [4.69, 9.17) is 5.11 Å². The predicted molar refractivity (Wildman–Crippen MR) is 38.4 cm³/mol. The van der Waals surface area contributed by atoms with Gasteiger partial charge in [0.15, 0.2) is 0 Å². The Morgan fingerprint density at radius 3 is 2.42 bits per heavy atom. The van der Waals surface area contributed by atoms with Crippen LogP contribution < -0.4 is 5.32 Å². The van der Waals surface area contributed by atoms with Crippen LogP contribution in [0, 0.1) is 0 Å². The summed E-state index contributed by atoms with van der Waals surface area (Å²) in [6.45, 7) is 1.75. The maximum Gasteiger partial charge on any atom is 0.337 e. The van der Waals surface area contributed by atoms with E-state index in [0.717, 1.165) is 0 Å². The molecule has 0 saturated carbocycles. The van der Waals surface area contributed by atoms with Crippen molar-refractivity contribution >= 4 is 17.7 Å². The quantitative estimate of drug-likeness (QED) is 0.334. The minimum atomic E-state index is -1.62. The molecule has 1 amide bonds. The Labute approximate surface area is 68.8 Å². The van der Waals surface area contributed by atoms with E-state index < -0.39 is 23.2 Å². The minimum absolute atomic E-state index is 0.160. The normalized spacial score (nSPS) is 27.8. The Hall–Kier alpha value is -1.39. The van der Waals surface area contributed by atoms with E-state index in [1.54, 1.807) is 6.92 Å². The summed E-state index contributed by atoms with van der Waals surface area (Å²) in [5.41, 5.74) is -1.62. The van der Waals surface area contributed by atoms with Crippen molar-refractivity contribution in [3.05, 3.63) is 0 Å². The van der Waals surface area contributed by atoms with Crippen LogP contribution in [0.1, 0.15) is 19.8 Å². The van der Waals surface area contributed by atoms with Crippen LogP contribution >= 0.6 is 0 Å². The van der Waals surface area contributed by atoms with Crippen LogP contribution in [0.25, 0.3) is 0 Å². The van der Waals surface area contributed by atoms with E-state index in [1.807, 2.05) is 0 Å². The van der Waals surface area contributed by atoms with Crippen LogP contribution in [-0.4, -0.2) is 28.3 Å². The Balaban J connectivity index is 2.84. The molecule has 1 fully saturated rings. The van der Waals surface area contributed by atoms with Gasteiger partial charge in [-0.05, 0) is 6.42 Å². The summed E-state index contributed by atoms with van der Waals surface area (Å²) >= 11 is 0. The fourth-order valence-electron chi connectivity index (χ4n) is 1.25. The lowest BCUT2D eigenvalue weighted by Crippen LogP contribution is -2.74. The Morgan fingerprint density at radius 1 is 1.58 bits per heavy atom. The zero-order valence-electron chi connectivity index (χ0n) is 6.59. The van der Waals surface area contributed by atoms with Crippen molar-refractivity contribution < 1.29 is 19.5 Å². The van der Waals surface area contributed by atoms with Crippen molar-refractivity contribution in [2.45, 2.75) is 25.3 Å². The van der Waals surface area contributed by atoms with Crippen molar-refractivity contribution in [1.82, 2.24) is 5.32 Å². The number of carbonyl (C=O) groups is 3. The van der Waals surface area contributed by atoms with Crippen molar-refractivity contribution in [2.75, 3.05) is 0 Å². The number of amides is 1. The summed E-state index contributed by atoms with van der Waals surface area (Å²) in [5, 5.41) is 10.8. The predicted octanol–water partition coefficient (Wildman–Crippen LogP) is -0.691. The summed E-state index contributed by atoms with van der Waals surface area (Å²) in [6, 6.07) is 0. The lowest BCUT2D eigenvalue weighted by Gasteiger charge is -2.35. The molecule has 1 saturated heterocycles. The van der Waals surface area contributed by atoms with Crippen molar-refractivity contribution in [3.8, 4) is 0 Å². The van der Waals surface area contributed by atoms with Crippen molar-refractivity contribution in [1.29, 1.82) is 0 Å². The SMILES string of the molecule is CCCC1(C(=O)O)NC(=O)C1=O. The molecule has 5 nitrogen and oxygen atoms in total. The van der Waals surface area contributed by atoms with Gasteiger partial charge in [0.25, 0.3) is 11.7 Å². The maximum atomic E-state index is 10.9. The zero-order valence-corrected chi connectivity index (χ0v) is 6.59. The highest BCUT2D eigenvalue weighted by Crippen LogP contribution is 2.22. The van der Waals surface area contributed by atoms with Crippen LogP contribution in [0.4, 0.5) is 0 Å². The molecule has 0 bridgehead atoms. The van der Waals surface area contributed by atoms with Crippen molar-refractivity contribution in [3.63, 3.8) is 0 Å². The molecule has 0 aromatic carbocycles. The number of carboxylic acid groups (broad SMARTS) is 1. The second kappa shape index (κ2) is 2.58. The van der Waals surface area contributed by atoms with Gasteiger partial charge >= 0.3 is 5.97 Å². The Kier molecular flexibility index (Phi) is 1.87. The van der Waals surface area contributed by atoms with E-state index in [1.165, 1.54) is 0 Å². The van der Waals surface area contributed by atoms with Crippen molar-refractivity contribution in [2.24, 2.45) is 0 Å². The number of hydrogen-bond donors (Lipinski definition) is 2. The molecule has 1 rings (SSSR count). The standard InChI is InChI=1S/C7H9NO4/c1-2-3-7(6(11)12)4(9)5(10)8-7/h2-3H2,1H3,(H,8,10)(H,11,12). The maximum absolute atomic E-state index is 10.9. The summed E-state index contributed by atoms with van der Waals surface area (Å²) in [5.74, 6) is -2.91. The van der Waals surface area contributed by atoms with Gasteiger partial charge in [0.1, 0.15) is 0 Å². The van der Waals surface area contributed by atoms with Gasteiger partial charge in [-0.2, -0.15) is 0 Å². The number of ketones is 1. The topological polar surface area (TPSA) is 83.5 Å². The molecule has 0 aromatic heterocycles. The Bertz CT molecular complexity index is 260. The second-order valence-corrected chi connectivity index (χ2v) is 2.74. The van der Waals surface area contributed by atoms with E-state index >= 15 is 0 Å². The second-order valence-electron chi connectivity index (χ2n) is 2.74. The fraction of sp³-hybridized carbons (Fsp3) is 0.571. The van der Waals surface area contributed by atoms with Gasteiger partial charge in [-0.3, -0.25) is 9.59 Å². The number of nitrogens with one attached hydrogen (secondary N) is 1. The Morgan fingerprint density at radius 2 is 2.17 bits per heavy atom. The molecule has 0 aromatic rings. The molecule has 0 spiro atoms. The highest BCUT2D eigenvalue weighted by Gasteiger charge is 2.58. The monoisotopic (exact) mass is 171 g/mol. The highest BCUT2D eigenvalue weighted by molar-refractivity contribution is 6.51. The first kappa shape index (κ1) is 8.70. The smallest absolute Gasteiger partial charge is 0.337 e. The summed E-state index contributed by atoms with van der Waals surface area (Å²) in [7, 11) is 0. The summed E-state index contributed by atoms with van der Waals surface area (Å²) in [4.78, 5) is 32.0. The molecule has 1 aliphatic rings. The molecule has 2 N–H and O–H groups in total. The van der Waals surface area contributed by atoms with Crippen LogP contribution in [0.15, 0.2) is 0 Å². The van der Waals surface area contributed by atoms with Crippen LogP contribution in [0.3, 0.4) is 0 Å². The van der Waals surface area contributed by atoms with E-state index in [0.29, 0.717) is 6.42 Å². The van der Waals surface area contributed by atoms with Gasteiger partial charge in [0, 0.05) is 0 Å². The molecular weight excluding hydrogens is 162 g/mol. The van der Waals surface area contributed by atoms with Gasteiger partial charge in [0.2, 0.25) is 5.54 Å². The first-order valence-electron chi connectivity index (χ1n) is 3.65. The third kappa shape index (κ3) is 0.895. The van der Waals surface area contributed by atoms with Gasteiger partial charge in [-0.15, -0.1) is 0 Å². The molecule has 1 atom stereocenters. The number of aliphatic carboxylic acids is 1. The number of Topliss-reactive ketones (excluding diaryl/α,β-unsaturated/α-hetero) is 1. The van der Waals surface area contributed by atoms with E-state index in [9.17, 15) is 14.4 Å². The van der Waals surface area contributed by atoms with Crippen LogP contribution in [0.5, 0.6) is 0 Å². The van der Waals surface area contributed by atoms with E-state index in [-0.39, 0.29) is 6.42 Å². The third-order valence-corrected chi connectivity index (χ3v) is 1.91. The van der Waals surface area contributed by atoms with Crippen LogP contribution in [-0.2, 0) is 14.4 Å². The number of carboxylic acids is 1. The average Bonchev–Trinajstić information content (AvgIpc) is 2.02. The first-order valence-corrected chi connectivity index (χ1v) is 3.65. The summed E-state index contributed by atoms with van der Waals surface area (Å²) < 4.78 is 0. The number of rotatable bonds is 3. The molecule has 5 heteroatoms. The highest BCUT2D eigenvalue weighted by atomic mass is 16.4. The lowest BCUT2D eigenvalue weighted by atomic mass is 9.81. The minimum Gasteiger partial charge on any atom is -0.479 e. The molecular formula is C7H9NO4. The summed E-state index contributed by atoms with van der Waals surface area (Å²) in [6.07, 6.45) is 0.700. The molecule has 0 aliphatic carbocycles. The molecule has 66 valence electrons. The van der Waals surface area contributed by atoms with Gasteiger partial charge in [-0.25, -0.2) is 4.79 Å². The fourth-order valence-corrected chi connectivity index (χ4v) is 1.25.